The molecule has 0 aromatic heterocycles. The SMILES string of the molecule is O=C(CC1CNC1)NCCCC1CCCC1. The molecular formula is C13H24N2O. The molecule has 1 saturated heterocycles. The van der Waals surface area contributed by atoms with Crippen LogP contribution in [-0.2, 0) is 4.79 Å². The third kappa shape index (κ3) is 3.78. The highest BCUT2D eigenvalue weighted by Crippen LogP contribution is 2.28. The van der Waals surface area contributed by atoms with Crippen molar-refractivity contribution in [3.8, 4) is 0 Å². The van der Waals surface area contributed by atoms with Gasteiger partial charge >= 0.3 is 0 Å². The Labute approximate surface area is 98.4 Å². The largest absolute Gasteiger partial charge is 0.356 e. The predicted octanol–water partition coefficient (Wildman–Crippen LogP) is 1.68. The molecule has 1 aliphatic carbocycles. The Kier molecular flexibility index (Phi) is 4.64. The van der Waals surface area contributed by atoms with Gasteiger partial charge in [0.25, 0.3) is 0 Å². The zero-order valence-electron chi connectivity index (χ0n) is 10.1. The van der Waals surface area contributed by atoms with E-state index in [0.29, 0.717) is 5.92 Å². The van der Waals surface area contributed by atoms with E-state index in [-0.39, 0.29) is 5.91 Å². The highest BCUT2D eigenvalue weighted by Gasteiger charge is 2.19. The van der Waals surface area contributed by atoms with E-state index < -0.39 is 0 Å². The molecule has 1 heterocycles. The molecular weight excluding hydrogens is 200 g/mol. The Bertz CT molecular complexity index is 220. The molecule has 0 unspecified atom stereocenters. The number of nitrogens with one attached hydrogen (secondary N) is 2. The highest BCUT2D eigenvalue weighted by molar-refractivity contribution is 5.76. The molecule has 16 heavy (non-hydrogen) atoms. The first-order valence-corrected chi connectivity index (χ1v) is 6.82. The van der Waals surface area contributed by atoms with E-state index in [1.54, 1.807) is 0 Å². The van der Waals surface area contributed by atoms with Crippen molar-refractivity contribution in [2.24, 2.45) is 11.8 Å². The van der Waals surface area contributed by atoms with Crippen molar-refractivity contribution in [3.05, 3.63) is 0 Å². The van der Waals surface area contributed by atoms with Gasteiger partial charge < -0.3 is 10.6 Å². The lowest BCUT2D eigenvalue weighted by molar-refractivity contribution is -0.122. The van der Waals surface area contributed by atoms with E-state index in [0.717, 1.165) is 32.0 Å². The van der Waals surface area contributed by atoms with Crippen molar-refractivity contribution < 1.29 is 4.79 Å². The fraction of sp³-hybridized carbons (Fsp3) is 0.923. The molecule has 2 fully saturated rings. The van der Waals surface area contributed by atoms with Crippen molar-refractivity contribution in [2.45, 2.75) is 44.9 Å². The van der Waals surface area contributed by atoms with E-state index in [1.807, 2.05) is 0 Å². The van der Waals surface area contributed by atoms with E-state index in [1.165, 1.54) is 38.5 Å². The minimum Gasteiger partial charge on any atom is -0.356 e. The lowest BCUT2D eigenvalue weighted by Crippen LogP contribution is -2.44. The Hall–Kier alpha value is -0.570. The molecule has 1 amide bonds. The molecule has 0 aromatic carbocycles. The third-order valence-corrected chi connectivity index (χ3v) is 3.93. The van der Waals surface area contributed by atoms with Gasteiger partial charge in [-0.05, 0) is 37.8 Å². The summed E-state index contributed by atoms with van der Waals surface area (Å²) in [4.78, 5) is 11.5. The Morgan fingerprint density at radius 1 is 1.19 bits per heavy atom. The molecule has 3 heteroatoms. The van der Waals surface area contributed by atoms with Gasteiger partial charge in [0.15, 0.2) is 0 Å². The van der Waals surface area contributed by atoms with Gasteiger partial charge in [-0.2, -0.15) is 0 Å². The number of carbonyl (C=O) groups excluding carboxylic acids is 1. The van der Waals surface area contributed by atoms with Gasteiger partial charge in [0.1, 0.15) is 0 Å². The second kappa shape index (κ2) is 6.24. The van der Waals surface area contributed by atoms with Crippen LogP contribution in [0.15, 0.2) is 0 Å². The number of hydrogen-bond donors (Lipinski definition) is 2. The number of amides is 1. The van der Waals surface area contributed by atoms with E-state index in [2.05, 4.69) is 10.6 Å². The average Bonchev–Trinajstić information content (AvgIpc) is 2.71. The van der Waals surface area contributed by atoms with E-state index >= 15 is 0 Å². The lowest BCUT2D eigenvalue weighted by atomic mass is 9.99. The summed E-state index contributed by atoms with van der Waals surface area (Å²) in [6, 6.07) is 0. The zero-order chi connectivity index (χ0) is 11.2. The maximum atomic E-state index is 11.5. The maximum Gasteiger partial charge on any atom is 0.220 e. The Morgan fingerprint density at radius 3 is 2.56 bits per heavy atom. The maximum absolute atomic E-state index is 11.5. The molecule has 2 aliphatic rings. The third-order valence-electron chi connectivity index (χ3n) is 3.93. The van der Waals surface area contributed by atoms with Crippen LogP contribution in [0.4, 0.5) is 0 Å². The van der Waals surface area contributed by atoms with E-state index in [4.69, 9.17) is 0 Å². The molecule has 0 atom stereocenters. The minimum atomic E-state index is 0.248. The normalized spacial score (nSPS) is 22.0. The van der Waals surface area contributed by atoms with Crippen molar-refractivity contribution >= 4 is 5.91 Å². The molecule has 0 bridgehead atoms. The van der Waals surface area contributed by atoms with Crippen molar-refractivity contribution in [2.75, 3.05) is 19.6 Å². The van der Waals surface area contributed by atoms with Crippen LogP contribution in [0.1, 0.15) is 44.9 Å². The van der Waals surface area contributed by atoms with Crippen LogP contribution < -0.4 is 10.6 Å². The van der Waals surface area contributed by atoms with Crippen LogP contribution in [0.5, 0.6) is 0 Å². The highest BCUT2D eigenvalue weighted by atomic mass is 16.1. The van der Waals surface area contributed by atoms with Crippen LogP contribution in [0.2, 0.25) is 0 Å². The molecule has 92 valence electrons. The molecule has 2 rings (SSSR count). The summed E-state index contributed by atoms with van der Waals surface area (Å²) in [6.45, 7) is 2.93. The number of carbonyl (C=O) groups is 1. The van der Waals surface area contributed by atoms with Gasteiger partial charge in [-0.1, -0.05) is 25.7 Å². The first-order chi connectivity index (χ1) is 7.84. The first-order valence-electron chi connectivity index (χ1n) is 6.82. The molecule has 3 nitrogen and oxygen atoms in total. The molecule has 0 aromatic rings. The van der Waals surface area contributed by atoms with Gasteiger partial charge in [0, 0.05) is 13.0 Å². The summed E-state index contributed by atoms with van der Waals surface area (Å²) < 4.78 is 0. The molecule has 2 N–H and O–H groups in total. The van der Waals surface area contributed by atoms with Crippen LogP contribution in [0.3, 0.4) is 0 Å². The summed E-state index contributed by atoms with van der Waals surface area (Å²) >= 11 is 0. The molecule has 0 spiro atoms. The molecule has 0 radical (unpaired) electrons. The monoisotopic (exact) mass is 224 g/mol. The smallest absolute Gasteiger partial charge is 0.220 e. The predicted molar refractivity (Wildman–Crippen MR) is 65.2 cm³/mol. The Morgan fingerprint density at radius 2 is 1.94 bits per heavy atom. The standard InChI is InChI=1S/C13H24N2O/c16-13(8-12-9-14-10-12)15-7-3-6-11-4-1-2-5-11/h11-12,14H,1-10H2,(H,15,16). The summed E-state index contributed by atoms with van der Waals surface area (Å²) in [5, 5.41) is 6.23. The van der Waals surface area contributed by atoms with Crippen LogP contribution >= 0.6 is 0 Å². The quantitative estimate of drug-likeness (QED) is 0.674. The fourth-order valence-corrected chi connectivity index (χ4v) is 2.74. The van der Waals surface area contributed by atoms with Crippen LogP contribution in [-0.4, -0.2) is 25.5 Å². The summed E-state index contributed by atoms with van der Waals surface area (Å²) in [7, 11) is 0. The lowest BCUT2D eigenvalue weighted by Gasteiger charge is -2.26. The van der Waals surface area contributed by atoms with Gasteiger partial charge in [0.2, 0.25) is 5.91 Å². The van der Waals surface area contributed by atoms with Crippen LogP contribution in [0, 0.1) is 11.8 Å². The minimum absolute atomic E-state index is 0.248. The van der Waals surface area contributed by atoms with Gasteiger partial charge in [-0.25, -0.2) is 0 Å². The molecule has 1 saturated carbocycles. The summed E-state index contributed by atoms with van der Waals surface area (Å²) in [5.41, 5.74) is 0. The topological polar surface area (TPSA) is 41.1 Å². The first kappa shape index (κ1) is 11.9. The van der Waals surface area contributed by atoms with Gasteiger partial charge in [-0.15, -0.1) is 0 Å². The van der Waals surface area contributed by atoms with Crippen molar-refractivity contribution in [1.29, 1.82) is 0 Å². The fourth-order valence-electron chi connectivity index (χ4n) is 2.74. The van der Waals surface area contributed by atoms with Crippen LogP contribution in [0.25, 0.3) is 0 Å². The second-order valence-electron chi connectivity index (χ2n) is 5.37. The zero-order valence-corrected chi connectivity index (χ0v) is 10.1. The van der Waals surface area contributed by atoms with Crippen molar-refractivity contribution in [3.63, 3.8) is 0 Å². The number of hydrogen-bond acceptors (Lipinski definition) is 2. The Balaban J connectivity index is 1.45. The summed E-state index contributed by atoms with van der Waals surface area (Å²) in [5.74, 6) is 1.79. The average molecular weight is 224 g/mol. The van der Waals surface area contributed by atoms with Crippen molar-refractivity contribution in [1.82, 2.24) is 10.6 Å². The van der Waals surface area contributed by atoms with Gasteiger partial charge in [-0.3, -0.25) is 4.79 Å². The van der Waals surface area contributed by atoms with Gasteiger partial charge in [0.05, 0.1) is 0 Å². The molecule has 1 aliphatic heterocycles. The second-order valence-corrected chi connectivity index (χ2v) is 5.37. The van der Waals surface area contributed by atoms with E-state index in [9.17, 15) is 4.79 Å². The number of rotatable bonds is 6. The summed E-state index contributed by atoms with van der Waals surface area (Å²) in [6.07, 6.45) is 8.88.